The molecule has 2 aromatic carbocycles. The van der Waals surface area contributed by atoms with Crippen LogP contribution in [0.1, 0.15) is 17.0 Å². The van der Waals surface area contributed by atoms with E-state index in [1.54, 1.807) is 20.2 Å². The van der Waals surface area contributed by atoms with E-state index < -0.39 is 27.7 Å². The summed E-state index contributed by atoms with van der Waals surface area (Å²) in [5.74, 6) is -2.53. The normalized spacial score (nSPS) is 12.9. The Hall–Kier alpha value is -2.26. The molecule has 0 bridgehead atoms. The highest BCUT2D eigenvalue weighted by Gasteiger charge is 2.26. The molecule has 9 heteroatoms. The van der Waals surface area contributed by atoms with Gasteiger partial charge in [0.25, 0.3) is 10.0 Å². The number of hydrogen-bond acceptors (Lipinski definition) is 3. The van der Waals surface area contributed by atoms with Crippen LogP contribution in [0, 0.1) is 5.82 Å². The number of hydrogen-bond donors (Lipinski definition) is 1. The smallest absolute Gasteiger partial charge is 0.284 e. The lowest BCUT2D eigenvalue weighted by atomic mass is 9.90. The average molecular weight is 442 g/mol. The van der Waals surface area contributed by atoms with Crippen LogP contribution in [0.15, 0.2) is 56.2 Å². The van der Waals surface area contributed by atoms with Crippen LogP contribution in [0.3, 0.4) is 0 Å². The zero-order chi connectivity index (χ0) is 19.5. The Balaban J connectivity index is 2.61. The molecule has 138 valence electrons. The molecule has 2 aromatic rings. The number of carbonyl (C=O) groups excluding carboxylic acids is 1. The Morgan fingerprint density at radius 1 is 1.27 bits per heavy atom. The zero-order valence-corrected chi connectivity index (χ0v) is 16.5. The fourth-order valence-corrected chi connectivity index (χ4v) is 4.20. The van der Waals surface area contributed by atoms with Crippen molar-refractivity contribution in [3.8, 4) is 0 Å². The van der Waals surface area contributed by atoms with E-state index in [1.807, 2.05) is 0 Å². The van der Waals surface area contributed by atoms with Gasteiger partial charge in [-0.2, -0.15) is 8.42 Å². The molecule has 0 heterocycles. The molecular weight excluding hydrogens is 425 g/mol. The molecule has 0 saturated carbocycles. The Labute approximate surface area is 159 Å². The molecule has 0 aliphatic heterocycles. The first-order valence-corrected chi connectivity index (χ1v) is 9.67. The van der Waals surface area contributed by atoms with Gasteiger partial charge in [-0.3, -0.25) is 4.79 Å². The molecule has 6 nitrogen and oxygen atoms in total. The fourth-order valence-electron chi connectivity index (χ4n) is 2.32. The van der Waals surface area contributed by atoms with Crippen LogP contribution in [0.4, 0.5) is 4.39 Å². The molecule has 0 saturated heterocycles. The van der Waals surface area contributed by atoms with E-state index in [0.717, 1.165) is 6.34 Å². The highest BCUT2D eigenvalue weighted by molar-refractivity contribution is 9.10. The van der Waals surface area contributed by atoms with Crippen molar-refractivity contribution in [2.24, 2.45) is 10.1 Å². The number of amides is 1. The van der Waals surface area contributed by atoms with Crippen LogP contribution < -0.4 is 5.73 Å². The second kappa shape index (κ2) is 7.96. The van der Waals surface area contributed by atoms with E-state index in [1.165, 1.54) is 41.3 Å². The molecule has 1 unspecified atom stereocenters. The van der Waals surface area contributed by atoms with Gasteiger partial charge in [0, 0.05) is 24.1 Å². The van der Waals surface area contributed by atoms with E-state index in [-0.39, 0.29) is 20.5 Å². The minimum atomic E-state index is -4.03. The molecular formula is C17H17BrFN3O3S. The van der Waals surface area contributed by atoms with Crippen molar-refractivity contribution in [3.05, 3.63) is 63.9 Å². The molecule has 0 spiro atoms. The summed E-state index contributed by atoms with van der Waals surface area (Å²) in [6.07, 6.45) is 1.15. The van der Waals surface area contributed by atoms with Crippen molar-refractivity contribution >= 4 is 38.2 Å². The molecule has 1 amide bonds. The summed E-state index contributed by atoms with van der Waals surface area (Å²) in [6, 6.07) is 9.96. The fraction of sp³-hybridized carbons (Fsp3) is 0.176. The number of primary amides is 1. The Morgan fingerprint density at radius 2 is 1.92 bits per heavy atom. The van der Waals surface area contributed by atoms with Gasteiger partial charge in [-0.25, -0.2) is 4.39 Å². The third-order valence-corrected chi connectivity index (χ3v) is 5.70. The minimum Gasteiger partial charge on any atom is -0.369 e. The molecule has 0 aliphatic carbocycles. The van der Waals surface area contributed by atoms with Crippen LogP contribution in [0.5, 0.6) is 0 Å². The monoisotopic (exact) mass is 441 g/mol. The number of sulfonamides is 1. The number of nitrogens with zero attached hydrogens (tertiary/aromatic N) is 2. The maximum absolute atomic E-state index is 14.1. The van der Waals surface area contributed by atoms with E-state index in [4.69, 9.17) is 5.73 Å². The second-order valence-electron chi connectivity index (χ2n) is 5.71. The summed E-state index contributed by atoms with van der Waals surface area (Å²) >= 11 is 3.17. The molecule has 0 aromatic heterocycles. The van der Waals surface area contributed by atoms with Gasteiger partial charge in [0.15, 0.2) is 0 Å². The molecule has 0 fully saturated rings. The lowest BCUT2D eigenvalue weighted by Gasteiger charge is -2.16. The molecule has 1 atom stereocenters. The van der Waals surface area contributed by atoms with Crippen LogP contribution in [-0.2, 0) is 14.8 Å². The van der Waals surface area contributed by atoms with Crippen LogP contribution >= 0.6 is 15.9 Å². The largest absolute Gasteiger partial charge is 0.369 e. The van der Waals surface area contributed by atoms with Gasteiger partial charge in [0.05, 0.1) is 5.92 Å². The highest BCUT2D eigenvalue weighted by Crippen LogP contribution is 2.32. The summed E-state index contributed by atoms with van der Waals surface area (Å²) in [5, 5.41) is 0. The lowest BCUT2D eigenvalue weighted by Crippen LogP contribution is -2.23. The van der Waals surface area contributed by atoms with Gasteiger partial charge < -0.3 is 10.6 Å². The zero-order valence-electron chi connectivity index (χ0n) is 14.1. The van der Waals surface area contributed by atoms with E-state index in [0.29, 0.717) is 0 Å². The first-order chi connectivity index (χ1) is 12.1. The lowest BCUT2D eigenvalue weighted by molar-refractivity contribution is -0.118. The quantitative estimate of drug-likeness (QED) is 0.550. The van der Waals surface area contributed by atoms with Gasteiger partial charge in [-0.05, 0) is 39.7 Å². The number of rotatable bonds is 6. The Bertz CT molecular complexity index is 961. The summed E-state index contributed by atoms with van der Waals surface area (Å²) in [5.41, 5.74) is 5.79. The van der Waals surface area contributed by atoms with Crippen molar-refractivity contribution in [3.63, 3.8) is 0 Å². The average Bonchev–Trinajstić information content (AvgIpc) is 2.56. The SMILES string of the molecule is CN(C)C=NS(=O)(=O)c1cc(C(C(N)=O)c2ccccc2F)ccc1Br. The minimum absolute atomic E-state index is 0.0717. The van der Waals surface area contributed by atoms with Gasteiger partial charge in [0.1, 0.15) is 17.1 Å². The maximum atomic E-state index is 14.1. The second-order valence-corrected chi connectivity index (χ2v) is 8.16. The summed E-state index contributed by atoms with van der Waals surface area (Å²) in [7, 11) is -0.764. The predicted molar refractivity (Wildman–Crippen MR) is 101 cm³/mol. The summed E-state index contributed by atoms with van der Waals surface area (Å²) in [4.78, 5) is 13.3. The van der Waals surface area contributed by atoms with E-state index in [9.17, 15) is 17.6 Å². The van der Waals surface area contributed by atoms with Crippen molar-refractivity contribution in [2.75, 3.05) is 14.1 Å². The molecule has 26 heavy (non-hydrogen) atoms. The Kier molecular flexibility index (Phi) is 6.14. The first kappa shape index (κ1) is 20.1. The molecule has 2 N–H and O–H groups in total. The summed E-state index contributed by atoms with van der Waals surface area (Å²) < 4.78 is 42.9. The third-order valence-electron chi connectivity index (χ3n) is 3.48. The van der Waals surface area contributed by atoms with E-state index >= 15 is 0 Å². The molecule has 0 radical (unpaired) electrons. The standard InChI is InChI=1S/C17H17BrFN3O3S/c1-22(2)10-21-26(24,25)15-9-11(7-8-13(15)18)16(17(20)23)12-5-3-4-6-14(12)19/h3-10,16H,1-2H3,(H2,20,23). The number of carbonyl (C=O) groups is 1. The topological polar surface area (TPSA) is 92.8 Å². The van der Waals surface area contributed by atoms with Gasteiger partial charge in [0.2, 0.25) is 5.91 Å². The number of benzene rings is 2. The number of nitrogens with two attached hydrogens (primary N) is 1. The summed E-state index contributed by atoms with van der Waals surface area (Å²) in [6.45, 7) is 0. The molecule has 0 aliphatic rings. The van der Waals surface area contributed by atoms with Crippen LogP contribution in [0.25, 0.3) is 0 Å². The van der Waals surface area contributed by atoms with E-state index in [2.05, 4.69) is 20.3 Å². The Morgan fingerprint density at radius 3 is 2.50 bits per heavy atom. The highest BCUT2D eigenvalue weighted by atomic mass is 79.9. The van der Waals surface area contributed by atoms with Crippen molar-refractivity contribution in [1.82, 2.24) is 4.90 Å². The van der Waals surface area contributed by atoms with Crippen LogP contribution in [0.2, 0.25) is 0 Å². The molecule has 2 rings (SSSR count). The van der Waals surface area contributed by atoms with Crippen LogP contribution in [-0.4, -0.2) is 39.7 Å². The number of halogens is 2. The predicted octanol–water partition coefficient (Wildman–Crippen LogP) is 2.48. The first-order valence-electron chi connectivity index (χ1n) is 7.43. The van der Waals surface area contributed by atoms with Crippen molar-refractivity contribution in [2.45, 2.75) is 10.8 Å². The third kappa shape index (κ3) is 4.47. The van der Waals surface area contributed by atoms with Gasteiger partial charge in [-0.15, -0.1) is 4.40 Å². The van der Waals surface area contributed by atoms with Crippen molar-refractivity contribution in [1.29, 1.82) is 0 Å². The van der Waals surface area contributed by atoms with Gasteiger partial charge in [-0.1, -0.05) is 24.3 Å². The van der Waals surface area contributed by atoms with Gasteiger partial charge >= 0.3 is 0 Å². The maximum Gasteiger partial charge on any atom is 0.284 e. The van der Waals surface area contributed by atoms with Crippen molar-refractivity contribution < 1.29 is 17.6 Å².